The molecule has 8 heavy (non-hydrogen) atoms. The Morgan fingerprint density at radius 2 is 1.25 bits per heavy atom. The Hall–Kier alpha value is -0.600. The predicted octanol–water partition coefficient (Wildman–Crippen LogP) is 0.0162. The molecule has 0 unspecified atom stereocenters. The lowest BCUT2D eigenvalue weighted by Crippen LogP contribution is -1.92. The Bertz CT molecular complexity index is 72.5. The molecule has 0 bridgehead atoms. The fourth-order valence-corrected chi connectivity index (χ4v) is 0.314. The van der Waals surface area contributed by atoms with Gasteiger partial charge in [0.05, 0.1) is 0 Å². The molecule has 4 N–H and O–H groups in total. The van der Waals surface area contributed by atoms with E-state index in [4.69, 9.17) is 11.5 Å². The third kappa shape index (κ3) is 5.40. The van der Waals surface area contributed by atoms with Crippen molar-refractivity contribution in [2.24, 2.45) is 11.5 Å². The maximum absolute atomic E-state index is 5.16. The lowest BCUT2D eigenvalue weighted by atomic mass is 10.4. The van der Waals surface area contributed by atoms with Crippen LogP contribution in [0.1, 0.15) is 0 Å². The van der Waals surface area contributed by atoms with Gasteiger partial charge in [0.25, 0.3) is 0 Å². The van der Waals surface area contributed by atoms with Crippen LogP contribution in [0, 0.1) is 0 Å². The minimum Gasteiger partial charge on any atom is -0.327 e. The van der Waals surface area contributed by atoms with Crippen molar-refractivity contribution in [2.45, 2.75) is 0 Å². The van der Waals surface area contributed by atoms with Gasteiger partial charge in [0.1, 0.15) is 0 Å². The van der Waals surface area contributed by atoms with E-state index in [1.807, 2.05) is 24.3 Å². The fourth-order valence-electron chi connectivity index (χ4n) is 0.314. The van der Waals surface area contributed by atoms with Crippen LogP contribution in [-0.4, -0.2) is 13.1 Å². The first-order chi connectivity index (χ1) is 3.91. The fraction of sp³-hybridized carbons (Fsp3) is 0.333. The van der Waals surface area contributed by atoms with Crippen molar-refractivity contribution >= 4 is 0 Å². The summed E-state index contributed by atoms with van der Waals surface area (Å²) in [7, 11) is 0. The zero-order valence-electron chi connectivity index (χ0n) is 4.88. The highest BCUT2D eigenvalue weighted by molar-refractivity contribution is 5.02. The molecule has 0 amide bonds. The van der Waals surface area contributed by atoms with E-state index in [-0.39, 0.29) is 0 Å². The van der Waals surface area contributed by atoms with Crippen LogP contribution in [0.5, 0.6) is 0 Å². The van der Waals surface area contributed by atoms with E-state index in [0.717, 1.165) is 0 Å². The summed E-state index contributed by atoms with van der Waals surface area (Å²) in [4.78, 5) is 0. The molecule has 0 aliphatic carbocycles. The average Bonchev–Trinajstić information content (AvgIpc) is 1.81. The molecule has 0 atom stereocenters. The van der Waals surface area contributed by atoms with Gasteiger partial charge in [0.15, 0.2) is 0 Å². The van der Waals surface area contributed by atoms with Gasteiger partial charge in [0, 0.05) is 13.1 Å². The molecule has 2 nitrogen and oxygen atoms in total. The first kappa shape index (κ1) is 7.40. The van der Waals surface area contributed by atoms with Crippen LogP contribution in [0.15, 0.2) is 24.3 Å². The van der Waals surface area contributed by atoms with Gasteiger partial charge in [-0.25, -0.2) is 0 Å². The summed E-state index contributed by atoms with van der Waals surface area (Å²) in [5.41, 5.74) is 10.3. The average molecular weight is 112 g/mol. The minimum atomic E-state index is 0.592. The van der Waals surface area contributed by atoms with Crippen molar-refractivity contribution in [3.63, 3.8) is 0 Å². The molecular formula is C6H12N2. The van der Waals surface area contributed by atoms with Gasteiger partial charge in [-0.1, -0.05) is 24.3 Å². The van der Waals surface area contributed by atoms with Crippen LogP contribution in [0.2, 0.25) is 0 Å². The maximum Gasteiger partial charge on any atom is 0.0109 e. The smallest absolute Gasteiger partial charge is 0.0109 e. The molecule has 0 saturated carbocycles. The highest BCUT2D eigenvalue weighted by Gasteiger charge is 1.61. The lowest BCUT2D eigenvalue weighted by molar-refractivity contribution is 1.24. The van der Waals surface area contributed by atoms with E-state index in [0.29, 0.717) is 13.1 Å². The zero-order valence-corrected chi connectivity index (χ0v) is 4.88. The second-order valence-electron chi connectivity index (χ2n) is 1.33. The number of hydrogen-bond donors (Lipinski definition) is 2. The van der Waals surface area contributed by atoms with E-state index < -0.39 is 0 Å². The molecule has 0 aromatic carbocycles. The van der Waals surface area contributed by atoms with Crippen molar-refractivity contribution in [3.05, 3.63) is 24.3 Å². The van der Waals surface area contributed by atoms with Gasteiger partial charge >= 0.3 is 0 Å². The van der Waals surface area contributed by atoms with Crippen LogP contribution in [0.3, 0.4) is 0 Å². The van der Waals surface area contributed by atoms with Crippen LogP contribution in [0.25, 0.3) is 0 Å². The van der Waals surface area contributed by atoms with Gasteiger partial charge in [-0.2, -0.15) is 0 Å². The molecule has 0 heterocycles. The van der Waals surface area contributed by atoms with Crippen LogP contribution in [-0.2, 0) is 0 Å². The Kier molecular flexibility index (Phi) is 5.92. The SMILES string of the molecule is NC/C=C\C=C/CN. The third-order valence-electron chi connectivity index (χ3n) is 0.655. The number of nitrogens with two attached hydrogens (primary N) is 2. The first-order valence-corrected chi connectivity index (χ1v) is 2.63. The monoisotopic (exact) mass is 112 g/mol. The van der Waals surface area contributed by atoms with Crippen LogP contribution < -0.4 is 11.5 Å². The molecule has 0 spiro atoms. The first-order valence-electron chi connectivity index (χ1n) is 2.63. The topological polar surface area (TPSA) is 52.0 Å². The Morgan fingerprint density at radius 3 is 1.50 bits per heavy atom. The predicted molar refractivity (Wildman–Crippen MR) is 36.4 cm³/mol. The standard InChI is InChI=1S/C6H12N2/c7-5-3-1-2-4-6-8/h1-4H,5-8H2/b3-1-,4-2-. The quantitative estimate of drug-likeness (QED) is 0.505. The Morgan fingerprint density at radius 1 is 0.875 bits per heavy atom. The maximum atomic E-state index is 5.16. The van der Waals surface area contributed by atoms with Crippen molar-refractivity contribution in [2.75, 3.05) is 13.1 Å². The minimum absolute atomic E-state index is 0.592. The largest absolute Gasteiger partial charge is 0.327 e. The second-order valence-corrected chi connectivity index (χ2v) is 1.33. The van der Waals surface area contributed by atoms with Crippen molar-refractivity contribution < 1.29 is 0 Å². The van der Waals surface area contributed by atoms with Crippen LogP contribution >= 0.6 is 0 Å². The number of rotatable bonds is 3. The second kappa shape index (κ2) is 6.40. The molecule has 0 aromatic rings. The van der Waals surface area contributed by atoms with E-state index in [1.165, 1.54) is 0 Å². The molecular weight excluding hydrogens is 100 g/mol. The summed E-state index contributed by atoms with van der Waals surface area (Å²) < 4.78 is 0. The molecule has 0 aliphatic heterocycles. The van der Waals surface area contributed by atoms with E-state index >= 15 is 0 Å². The van der Waals surface area contributed by atoms with Crippen molar-refractivity contribution in [3.8, 4) is 0 Å². The molecule has 0 rings (SSSR count). The van der Waals surface area contributed by atoms with Crippen LogP contribution in [0.4, 0.5) is 0 Å². The van der Waals surface area contributed by atoms with Gasteiger partial charge in [0.2, 0.25) is 0 Å². The van der Waals surface area contributed by atoms with E-state index in [2.05, 4.69) is 0 Å². The van der Waals surface area contributed by atoms with Gasteiger partial charge in [-0.15, -0.1) is 0 Å². The summed E-state index contributed by atoms with van der Waals surface area (Å²) in [6.07, 6.45) is 7.50. The van der Waals surface area contributed by atoms with E-state index in [1.54, 1.807) is 0 Å². The summed E-state index contributed by atoms with van der Waals surface area (Å²) in [5, 5.41) is 0. The Labute approximate surface area is 49.9 Å². The number of allylic oxidation sites excluding steroid dienone is 2. The van der Waals surface area contributed by atoms with Gasteiger partial charge < -0.3 is 11.5 Å². The molecule has 0 aromatic heterocycles. The van der Waals surface area contributed by atoms with Gasteiger partial charge in [-0.3, -0.25) is 0 Å². The highest BCUT2D eigenvalue weighted by Crippen LogP contribution is 1.71. The summed E-state index contributed by atoms with van der Waals surface area (Å²) >= 11 is 0. The number of hydrogen-bond acceptors (Lipinski definition) is 2. The molecule has 0 fully saturated rings. The van der Waals surface area contributed by atoms with Crippen molar-refractivity contribution in [1.82, 2.24) is 0 Å². The molecule has 0 saturated heterocycles. The highest BCUT2D eigenvalue weighted by atomic mass is 14.5. The Balaban J connectivity index is 3.13. The molecule has 0 radical (unpaired) electrons. The van der Waals surface area contributed by atoms with Gasteiger partial charge in [-0.05, 0) is 0 Å². The third-order valence-corrected chi connectivity index (χ3v) is 0.655. The molecule has 0 aliphatic rings. The summed E-state index contributed by atoms with van der Waals surface area (Å²) in [5.74, 6) is 0. The summed E-state index contributed by atoms with van der Waals surface area (Å²) in [6.45, 7) is 1.18. The summed E-state index contributed by atoms with van der Waals surface area (Å²) in [6, 6.07) is 0. The van der Waals surface area contributed by atoms with E-state index in [9.17, 15) is 0 Å². The van der Waals surface area contributed by atoms with Crippen molar-refractivity contribution in [1.29, 1.82) is 0 Å². The lowest BCUT2D eigenvalue weighted by Gasteiger charge is -1.75. The normalized spacial score (nSPS) is 11.8. The molecule has 46 valence electrons. The molecule has 2 heteroatoms. The zero-order chi connectivity index (χ0) is 6.24.